The zero-order chi connectivity index (χ0) is 17.9. The van der Waals surface area contributed by atoms with E-state index in [4.69, 9.17) is 9.47 Å². The van der Waals surface area contributed by atoms with Crippen LogP contribution in [0.1, 0.15) is 23.6 Å². The third kappa shape index (κ3) is 7.77. The van der Waals surface area contributed by atoms with Crippen molar-refractivity contribution in [2.45, 2.75) is 19.4 Å². The number of benzene rings is 1. The van der Waals surface area contributed by atoms with E-state index in [1.165, 1.54) is 11.1 Å². The van der Waals surface area contributed by atoms with Gasteiger partial charge in [0.25, 0.3) is 0 Å². The standard InChI is InChI=1S/C19H32N4O2.HI/c1-16-6-4-7-17(14-16)18(23-9-12-25-13-10-23)15-22-19(20-2)21-8-5-11-24-3;/h4,6-7,14,18H,5,8-13,15H2,1-3H3,(H2,20,21,22);1H. The van der Waals surface area contributed by atoms with Crippen molar-refractivity contribution in [3.05, 3.63) is 35.4 Å². The molecule has 148 valence electrons. The number of guanidine groups is 1. The minimum absolute atomic E-state index is 0. The summed E-state index contributed by atoms with van der Waals surface area (Å²) in [6, 6.07) is 9.07. The largest absolute Gasteiger partial charge is 0.385 e. The first kappa shape index (κ1) is 23.1. The molecule has 0 radical (unpaired) electrons. The predicted octanol–water partition coefficient (Wildman–Crippen LogP) is 2.19. The third-order valence-electron chi connectivity index (χ3n) is 4.42. The lowest BCUT2D eigenvalue weighted by Gasteiger charge is -2.35. The van der Waals surface area contributed by atoms with Gasteiger partial charge in [-0.15, -0.1) is 24.0 Å². The van der Waals surface area contributed by atoms with Crippen molar-refractivity contribution in [1.82, 2.24) is 15.5 Å². The molecule has 1 saturated heterocycles. The van der Waals surface area contributed by atoms with Crippen molar-refractivity contribution >= 4 is 29.9 Å². The SMILES string of the molecule is CN=C(NCCCOC)NCC(c1cccc(C)c1)N1CCOCC1.I. The van der Waals surface area contributed by atoms with Crippen LogP contribution in [-0.2, 0) is 9.47 Å². The Morgan fingerprint density at radius 2 is 2.08 bits per heavy atom. The molecule has 2 rings (SSSR count). The summed E-state index contributed by atoms with van der Waals surface area (Å²) in [6.07, 6.45) is 0.960. The monoisotopic (exact) mass is 476 g/mol. The summed E-state index contributed by atoms with van der Waals surface area (Å²) in [7, 11) is 3.53. The maximum Gasteiger partial charge on any atom is 0.191 e. The number of morpholine rings is 1. The van der Waals surface area contributed by atoms with Crippen LogP contribution in [0.5, 0.6) is 0 Å². The van der Waals surface area contributed by atoms with E-state index >= 15 is 0 Å². The minimum atomic E-state index is 0. The lowest BCUT2D eigenvalue weighted by atomic mass is 10.0. The van der Waals surface area contributed by atoms with E-state index < -0.39 is 0 Å². The van der Waals surface area contributed by atoms with Gasteiger partial charge in [-0.05, 0) is 18.9 Å². The van der Waals surface area contributed by atoms with Crippen LogP contribution in [0.15, 0.2) is 29.3 Å². The van der Waals surface area contributed by atoms with Gasteiger partial charge in [0.05, 0.1) is 19.3 Å². The number of hydrogen-bond donors (Lipinski definition) is 2. The Balaban J connectivity index is 0.00000338. The smallest absolute Gasteiger partial charge is 0.191 e. The Bertz CT molecular complexity index is 536. The number of ether oxygens (including phenoxy) is 2. The Hall–Kier alpha value is -0.900. The van der Waals surface area contributed by atoms with E-state index in [-0.39, 0.29) is 24.0 Å². The minimum Gasteiger partial charge on any atom is -0.385 e. The van der Waals surface area contributed by atoms with Crippen molar-refractivity contribution in [2.24, 2.45) is 4.99 Å². The number of aliphatic imine (C=N–C) groups is 1. The maximum absolute atomic E-state index is 5.52. The fraction of sp³-hybridized carbons (Fsp3) is 0.632. The van der Waals surface area contributed by atoms with Gasteiger partial charge in [-0.25, -0.2) is 0 Å². The molecule has 1 fully saturated rings. The Morgan fingerprint density at radius 3 is 2.73 bits per heavy atom. The van der Waals surface area contributed by atoms with Crippen LogP contribution in [0.2, 0.25) is 0 Å². The number of halogens is 1. The van der Waals surface area contributed by atoms with Crippen molar-refractivity contribution in [3.63, 3.8) is 0 Å². The zero-order valence-corrected chi connectivity index (χ0v) is 18.5. The molecule has 0 aromatic heterocycles. The highest BCUT2D eigenvalue weighted by Gasteiger charge is 2.22. The van der Waals surface area contributed by atoms with Gasteiger partial charge in [0, 0.05) is 46.9 Å². The number of nitrogens with zero attached hydrogens (tertiary/aromatic N) is 2. The summed E-state index contributed by atoms with van der Waals surface area (Å²) < 4.78 is 10.6. The summed E-state index contributed by atoms with van der Waals surface area (Å²) >= 11 is 0. The average molecular weight is 476 g/mol. The van der Waals surface area contributed by atoms with E-state index in [1.54, 1.807) is 7.11 Å². The molecular formula is C19H33IN4O2. The Kier molecular flexibility index (Phi) is 11.8. The van der Waals surface area contributed by atoms with Crippen LogP contribution >= 0.6 is 24.0 Å². The summed E-state index contributed by atoms with van der Waals surface area (Å²) in [5, 5.41) is 6.82. The molecule has 2 N–H and O–H groups in total. The molecule has 0 spiro atoms. The summed E-state index contributed by atoms with van der Waals surface area (Å²) in [4.78, 5) is 6.81. The van der Waals surface area contributed by atoms with Crippen LogP contribution in [-0.4, -0.2) is 71.0 Å². The fourth-order valence-electron chi connectivity index (χ4n) is 3.06. The molecule has 1 aromatic rings. The summed E-state index contributed by atoms with van der Waals surface area (Å²) in [5.41, 5.74) is 2.63. The van der Waals surface area contributed by atoms with E-state index in [0.717, 1.165) is 58.4 Å². The van der Waals surface area contributed by atoms with Crippen LogP contribution in [0.3, 0.4) is 0 Å². The highest BCUT2D eigenvalue weighted by molar-refractivity contribution is 14.0. The van der Waals surface area contributed by atoms with Gasteiger partial charge >= 0.3 is 0 Å². The number of nitrogens with one attached hydrogen (secondary N) is 2. The molecule has 0 aliphatic carbocycles. The first-order chi connectivity index (χ1) is 12.2. The lowest BCUT2D eigenvalue weighted by Crippen LogP contribution is -2.46. The van der Waals surface area contributed by atoms with E-state index in [2.05, 4.69) is 51.7 Å². The Morgan fingerprint density at radius 1 is 1.31 bits per heavy atom. The van der Waals surface area contributed by atoms with Gasteiger partial charge < -0.3 is 20.1 Å². The first-order valence-corrected chi connectivity index (χ1v) is 9.06. The van der Waals surface area contributed by atoms with Crippen molar-refractivity contribution in [3.8, 4) is 0 Å². The van der Waals surface area contributed by atoms with Gasteiger partial charge in [-0.1, -0.05) is 29.8 Å². The Labute approximate surface area is 174 Å². The number of methoxy groups -OCH3 is 1. The molecule has 1 unspecified atom stereocenters. The second-order valence-corrected chi connectivity index (χ2v) is 6.30. The van der Waals surface area contributed by atoms with Crippen molar-refractivity contribution in [2.75, 3.05) is 60.2 Å². The van der Waals surface area contributed by atoms with Crippen LogP contribution < -0.4 is 10.6 Å². The molecular weight excluding hydrogens is 443 g/mol. The molecule has 1 aliphatic heterocycles. The highest BCUT2D eigenvalue weighted by atomic mass is 127. The summed E-state index contributed by atoms with van der Waals surface area (Å²) in [6.45, 7) is 8.07. The normalized spacial score (nSPS) is 16.7. The molecule has 7 heteroatoms. The zero-order valence-electron chi connectivity index (χ0n) is 16.2. The number of hydrogen-bond acceptors (Lipinski definition) is 4. The van der Waals surface area contributed by atoms with Gasteiger partial charge in [-0.3, -0.25) is 9.89 Å². The van der Waals surface area contributed by atoms with E-state index in [1.807, 2.05) is 7.05 Å². The van der Waals surface area contributed by atoms with Gasteiger partial charge in [0.1, 0.15) is 0 Å². The fourth-order valence-corrected chi connectivity index (χ4v) is 3.06. The highest BCUT2D eigenvalue weighted by Crippen LogP contribution is 2.22. The molecule has 1 aliphatic rings. The predicted molar refractivity (Wildman–Crippen MR) is 118 cm³/mol. The summed E-state index contributed by atoms with van der Waals surface area (Å²) in [5.74, 6) is 0.835. The van der Waals surface area contributed by atoms with Crippen molar-refractivity contribution < 1.29 is 9.47 Å². The second kappa shape index (κ2) is 13.3. The van der Waals surface area contributed by atoms with Crippen LogP contribution in [0, 0.1) is 6.92 Å². The van der Waals surface area contributed by atoms with Gasteiger partial charge in [-0.2, -0.15) is 0 Å². The molecule has 0 bridgehead atoms. The molecule has 0 saturated carbocycles. The maximum atomic E-state index is 5.52. The molecule has 6 nitrogen and oxygen atoms in total. The quantitative estimate of drug-likeness (QED) is 0.261. The second-order valence-electron chi connectivity index (χ2n) is 6.30. The van der Waals surface area contributed by atoms with Crippen LogP contribution in [0.4, 0.5) is 0 Å². The van der Waals surface area contributed by atoms with E-state index in [9.17, 15) is 0 Å². The van der Waals surface area contributed by atoms with Crippen molar-refractivity contribution in [1.29, 1.82) is 0 Å². The molecule has 1 aromatic carbocycles. The topological polar surface area (TPSA) is 58.1 Å². The van der Waals surface area contributed by atoms with Crippen LogP contribution in [0.25, 0.3) is 0 Å². The number of aryl methyl sites for hydroxylation is 1. The third-order valence-corrected chi connectivity index (χ3v) is 4.42. The van der Waals surface area contributed by atoms with E-state index in [0.29, 0.717) is 6.04 Å². The van der Waals surface area contributed by atoms with Gasteiger partial charge in [0.2, 0.25) is 0 Å². The molecule has 1 atom stereocenters. The number of rotatable bonds is 8. The average Bonchev–Trinajstić information content (AvgIpc) is 2.64. The lowest BCUT2D eigenvalue weighted by molar-refractivity contribution is 0.0170. The molecule has 1 heterocycles. The molecule has 26 heavy (non-hydrogen) atoms. The molecule has 0 amide bonds. The first-order valence-electron chi connectivity index (χ1n) is 9.06. The van der Waals surface area contributed by atoms with Gasteiger partial charge in [0.15, 0.2) is 5.96 Å².